The lowest BCUT2D eigenvalue weighted by Gasteiger charge is -2.31. The highest BCUT2D eigenvalue weighted by atomic mass is 35.5. The molecule has 1 fully saturated rings. The maximum Gasteiger partial charge on any atom is 0.341 e. The van der Waals surface area contributed by atoms with Crippen molar-refractivity contribution in [3.05, 3.63) is 99.0 Å². The van der Waals surface area contributed by atoms with Crippen molar-refractivity contribution in [2.45, 2.75) is 37.6 Å². The fraction of sp³-hybridized carbons (Fsp3) is 0.269. The highest BCUT2D eigenvalue weighted by molar-refractivity contribution is 6.43. The second-order valence-electron chi connectivity index (χ2n) is 7.77. The summed E-state index contributed by atoms with van der Waals surface area (Å²) in [5.41, 5.74) is 1.84. The first-order chi connectivity index (χ1) is 16.0. The van der Waals surface area contributed by atoms with Gasteiger partial charge in [0.05, 0.1) is 15.1 Å². The molecule has 172 valence electrons. The number of halogens is 3. The number of esters is 1. The molecule has 2 atom stereocenters. The van der Waals surface area contributed by atoms with Gasteiger partial charge in [0.25, 0.3) is 0 Å². The van der Waals surface area contributed by atoms with E-state index in [9.17, 15) is 4.79 Å². The third-order valence-electron chi connectivity index (χ3n) is 5.47. The highest BCUT2D eigenvalue weighted by Gasteiger charge is 2.36. The molecule has 7 heteroatoms. The van der Waals surface area contributed by atoms with Crippen LogP contribution in [0.4, 0.5) is 0 Å². The van der Waals surface area contributed by atoms with Crippen molar-refractivity contribution in [3.63, 3.8) is 0 Å². The number of carbonyl (C=O) groups is 1. The van der Waals surface area contributed by atoms with Crippen LogP contribution in [0.3, 0.4) is 0 Å². The van der Waals surface area contributed by atoms with Crippen molar-refractivity contribution in [3.8, 4) is 5.75 Å². The minimum absolute atomic E-state index is 0.120. The molecule has 0 aliphatic carbocycles. The van der Waals surface area contributed by atoms with Gasteiger partial charge in [-0.2, -0.15) is 0 Å². The van der Waals surface area contributed by atoms with E-state index in [0.717, 1.165) is 24.0 Å². The molecule has 0 amide bonds. The van der Waals surface area contributed by atoms with Crippen molar-refractivity contribution in [2.75, 3.05) is 6.61 Å². The Hall–Kier alpha value is -2.08. The first-order valence-corrected chi connectivity index (χ1v) is 11.9. The summed E-state index contributed by atoms with van der Waals surface area (Å²) in [6.07, 6.45) is 1.15. The first kappa shape index (κ1) is 24.1. The zero-order valence-electron chi connectivity index (χ0n) is 17.8. The molecular formula is C26H23Cl3O4. The Bertz CT molecular complexity index is 1030. The predicted octanol–water partition coefficient (Wildman–Crippen LogP) is 7.30. The second-order valence-corrected chi connectivity index (χ2v) is 8.99. The van der Waals surface area contributed by atoms with E-state index in [-0.39, 0.29) is 20.8 Å². The van der Waals surface area contributed by atoms with Crippen LogP contribution in [0.1, 0.15) is 36.3 Å². The first-order valence-electron chi connectivity index (χ1n) is 10.8. The molecule has 0 bridgehead atoms. The molecule has 1 aliphatic rings. The molecule has 3 aromatic carbocycles. The Labute approximate surface area is 208 Å². The Balaban J connectivity index is 1.72. The fourth-order valence-electron chi connectivity index (χ4n) is 3.86. The molecule has 33 heavy (non-hydrogen) atoms. The smallest absolute Gasteiger partial charge is 0.341 e. The van der Waals surface area contributed by atoms with Gasteiger partial charge in [-0.3, -0.25) is 0 Å². The van der Waals surface area contributed by atoms with Crippen LogP contribution in [0, 0.1) is 0 Å². The van der Waals surface area contributed by atoms with Crippen LogP contribution in [-0.2, 0) is 14.3 Å². The van der Waals surface area contributed by atoms with E-state index in [1.165, 1.54) is 12.1 Å². The molecule has 0 saturated carbocycles. The summed E-state index contributed by atoms with van der Waals surface area (Å²) in [5.74, 6) is -0.900. The standard InChI is InChI=1S/C26H23Cl3O4/c27-19-15-21(29)22(16-20(19)28)32-26(30)25(33-23-13-7-8-14-31-23)24(17-9-3-1-4-10-17)18-11-5-2-6-12-18/h1-6,9-12,15-16,23-25H,7-8,13-14H2. The number of carbonyl (C=O) groups excluding carboxylic acids is 1. The minimum Gasteiger partial charge on any atom is -0.423 e. The Morgan fingerprint density at radius 2 is 1.45 bits per heavy atom. The predicted molar refractivity (Wildman–Crippen MR) is 130 cm³/mol. The molecule has 4 rings (SSSR count). The maximum absolute atomic E-state index is 13.6. The Kier molecular flexibility index (Phi) is 8.29. The van der Waals surface area contributed by atoms with E-state index in [0.29, 0.717) is 13.0 Å². The lowest BCUT2D eigenvalue weighted by molar-refractivity contribution is -0.201. The van der Waals surface area contributed by atoms with Crippen molar-refractivity contribution >= 4 is 40.8 Å². The van der Waals surface area contributed by atoms with Crippen LogP contribution in [0.25, 0.3) is 0 Å². The van der Waals surface area contributed by atoms with Gasteiger partial charge in [-0.15, -0.1) is 0 Å². The van der Waals surface area contributed by atoms with Crippen molar-refractivity contribution < 1.29 is 19.0 Å². The SMILES string of the molecule is O=C(Oc1cc(Cl)c(Cl)cc1Cl)C(OC1CCCCO1)C(c1ccccc1)c1ccccc1. The summed E-state index contributed by atoms with van der Waals surface area (Å²) >= 11 is 18.4. The summed E-state index contributed by atoms with van der Waals surface area (Å²) in [7, 11) is 0. The van der Waals surface area contributed by atoms with Crippen LogP contribution in [0.15, 0.2) is 72.8 Å². The van der Waals surface area contributed by atoms with Crippen LogP contribution in [0.5, 0.6) is 5.75 Å². The van der Waals surface area contributed by atoms with E-state index in [4.69, 9.17) is 49.0 Å². The largest absolute Gasteiger partial charge is 0.423 e. The van der Waals surface area contributed by atoms with Gasteiger partial charge in [-0.25, -0.2) is 4.79 Å². The Morgan fingerprint density at radius 1 is 0.848 bits per heavy atom. The Morgan fingerprint density at radius 3 is 2.03 bits per heavy atom. The number of ether oxygens (including phenoxy) is 3. The van der Waals surface area contributed by atoms with Crippen molar-refractivity contribution in [2.24, 2.45) is 0 Å². The summed E-state index contributed by atoms with van der Waals surface area (Å²) in [4.78, 5) is 13.6. The molecule has 1 heterocycles. The van der Waals surface area contributed by atoms with E-state index in [2.05, 4.69) is 0 Å². The molecule has 0 aromatic heterocycles. The van der Waals surface area contributed by atoms with Gasteiger partial charge in [0, 0.05) is 18.6 Å². The van der Waals surface area contributed by atoms with Gasteiger partial charge in [-0.1, -0.05) is 95.5 Å². The maximum atomic E-state index is 13.6. The van der Waals surface area contributed by atoms with Crippen molar-refractivity contribution in [1.29, 1.82) is 0 Å². The van der Waals surface area contributed by atoms with E-state index >= 15 is 0 Å². The van der Waals surface area contributed by atoms with Crippen LogP contribution in [-0.4, -0.2) is 25.0 Å². The van der Waals surface area contributed by atoms with Gasteiger partial charge in [0.15, 0.2) is 18.1 Å². The summed E-state index contributed by atoms with van der Waals surface area (Å²) < 4.78 is 17.8. The molecule has 0 radical (unpaired) electrons. The minimum atomic E-state index is -0.983. The second kappa shape index (κ2) is 11.4. The van der Waals surface area contributed by atoms with Gasteiger partial charge in [0.2, 0.25) is 0 Å². The number of benzene rings is 3. The molecule has 1 aliphatic heterocycles. The molecule has 2 unspecified atom stereocenters. The molecule has 0 N–H and O–H groups in total. The fourth-order valence-corrected chi connectivity index (χ4v) is 4.44. The average Bonchev–Trinajstić information content (AvgIpc) is 2.84. The van der Waals surface area contributed by atoms with E-state index in [1.807, 2.05) is 60.7 Å². The quantitative estimate of drug-likeness (QED) is 0.192. The number of hydrogen-bond donors (Lipinski definition) is 0. The highest BCUT2D eigenvalue weighted by Crippen LogP contribution is 2.36. The zero-order chi connectivity index (χ0) is 23.2. The monoisotopic (exact) mass is 504 g/mol. The molecule has 4 nitrogen and oxygen atoms in total. The van der Waals surface area contributed by atoms with Gasteiger partial charge < -0.3 is 14.2 Å². The average molecular weight is 506 g/mol. The third-order valence-corrected chi connectivity index (χ3v) is 6.49. The summed E-state index contributed by atoms with van der Waals surface area (Å²) in [6.45, 7) is 0.590. The number of hydrogen-bond acceptors (Lipinski definition) is 4. The summed E-state index contributed by atoms with van der Waals surface area (Å²) in [5, 5.41) is 0.692. The van der Waals surface area contributed by atoms with Crippen LogP contribution in [0.2, 0.25) is 15.1 Å². The molecule has 3 aromatic rings. The van der Waals surface area contributed by atoms with Gasteiger partial charge in [-0.05, 0) is 36.5 Å². The lowest BCUT2D eigenvalue weighted by Crippen LogP contribution is -2.40. The third kappa shape index (κ3) is 6.08. The molecule has 0 spiro atoms. The normalized spacial score (nSPS) is 17.0. The topological polar surface area (TPSA) is 44.8 Å². The van der Waals surface area contributed by atoms with Crippen LogP contribution >= 0.6 is 34.8 Å². The lowest BCUT2D eigenvalue weighted by atomic mass is 9.86. The molecular weight excluding hydrogens is 483 g/mol. The van der Waals surface area contributed by atoms with Gasteiger partial charge >= 0.3 is 5.97 Å². The van der Waals surface area contributed by atoms with Crippen LogP contribution < -0.4 is 4.74 Å². The van der Waals surface area contributed by atoms with E-state index < -0.39 is 24.3 Å². The zero-order valence-corrected chi connectivity index (χ0v) is 20.0. The van der Waals surface area contributed by atoms with Gasteiger partial charge in [0.1, 0.15) is 0 Å². The number of rotatable bonds is 7. The van der Waals surface area contributed by atoms with E-state index in [1.54, 1.807) is 0 Å². The van der Waals surface area contributed by atoms with Crippen molar-refractivity contribution in [1.82, 2.24) is 0 Å². The summed E-state index contributed by atoms with van der Waals surface area (Å²) in [6, 6.07) is 22.3. The molecule has 1 saturated heterocycles.